The molecule has 0 amide bonds. The van der Waals surface area contributed by atoms with E-state index in [2.05, 4.69) is 15.9 Å². The largest absolute Gasteiger partial charge is 0.493 e. The zero-order chi connectivity index (χ0) is 12.0. The quantitative estimate of drug-likeness (QED) is 0.646. The van der Waals surface area contributed by atoms with E-state index in [-0.39, 0.29) is 12.4 Å². The van der Waals surface area contributed by atoms with Gasteiger partial charge in [0.05, 0.1) is 18.8 Å². The van der Waals surface area contributed by atoms with Crippen LogP contribution in [-0.2, 0) is 6.61 Å². The lowest BCUT2D eigenvalue weighted by Crippen LogP contribution is -2.05. The molecule has 0 fully saturated rings. The van der Waals surface area contributed by atoms with E-state index in [9.17, 15) is 4.79 Å². The molecule has 0 spiro atoms. The summed E-state index contributed by atoms with van der Waals surface area (Å²) >= 11 is 3.24. The molecule has 1 aromatic rings. The lowest BCUT2D eigenvalue weighted by atomic mass is 10.1. The summed E-state index contributed by atoms with van der Waals surface area (Å²) in [6, 6.07) is 5.16. The van der Waals surface area contributed by atoms with Crippen LogP contribution in [0.5, 0.6) is 5.75 Å². The van der Waals surface area contributed by atoms with Gasteiger partial charge in [0, 0.05) is 11.8 Å². The second-order valence-electron chi connectivity index (χ2n) is 3.28. The van der Waals surface area contributed by atoms with Crippen molar-refractivity contribution in [1.29, 1.82) is 0 Å². The number of halogens is 1. The third kappa shape index (κ3) is 3.32. The SMILES string of the molecule is CCOc1cc(CO)ccc1C(=O)CCBr. The van der Waals surface area contributed by atoms with E-state index in [0.29, 0.717) is 29.7 Å². The molecule has 0 heterocycles. The molecule has 4 heteroatoms. The summed E-state index contributed by atoms with van der Waals surface area (Å²) in [5.74, 6) is 0.602. The highest BCUT2D eigenvalue weighted by Crippen LogP contribution is 2.22. The van der Waals surface area contributed by atoms with Gasteiger partial charge in [-0.25, -0.2) is 0 Å². The van der Waals surface area contributed by atoms with Crippen LogP contribution >= 0.6 is 15.9 Å². The number of ether oxygens (including phenoxy) is 1. The second kappa shape index (κ2) is 6.66. The minimum atomic E-state index is -0.0486. The number of benzene rings is 1. The van der Waals surface area contributed by atoms with E-state index in [4.69, 9.17) is 9.84 Å². The van der Waals surface area contributed by atoms with E-state index in [1.807, 2.05) is 6.92 Å². The summed E-state index contributed by atoms with van der Waals surface area (Å²) in [5.41, 5.74) is 1.33. The molecule has 0 bridgehead atoms. The maximum Gasteiger partial charge on any atom is 0.167 e. The van der Waals surface area contributed by atoms with Crippen molar-refractivity contribution in [2.24, 2.45) is 0 Å². The summed E-state index contributed by atoms with van der Waals surface area (Å²) in [6.45, 7) is 2.32. The molecule has 88 valence electrons. The minimum absolute atomic E-state index is 0.0461. The van der Waals surface area contributed by atoms with Crippen molar-refractivity contribution in [1.82, 2.24) is 0 Å². The van der Waals surface area contributed by atoms with Crippen molar-refractivity contribution in [2.75, 3.05) is 11.9 Å². The Kier molecular flexibility index (Phi) is 5.49. The molecular formula is C12H15BrO3. The molecule has 0 unspecified atom stereocenters. The predicted molar refractivity (Wildman–Crippen MR) is 66.3 cm³/mol. The molecule has 0 aromatic heterocycles. The number of rotatable bonds is 6. The van der Waals surface area contributed by atoms with E-state index >= 15 is 0 Å². The van der Waals surface area contributed by atoms with Gasteiger partial charge in [0.25, 0.3) is 0 Å². The molecule has 3 nitrogen and oxygen atoms in total. The maximum absolute atomic E-state index is 11.8. The third-order valence-electron chi connectivity index (χ3n) is 2.15. The Morgan fingerprint density at radius 2 is 2.25 bits per heavy atom. The number of hydrogen-bond acceptors (Lipinski definition) is 3. The first-order chi connectivity index (χ1) is 7.72. The van der Waals surface area contributed by atoms with Gasteiger partial charge in [-0.3, -0.25) is 4.79 Å². The average Bonchev–Trinajstić information content (AvgIpc) is 2.29. The molecule has 0 saturated heterocycles. The molecule has 16 heavy (non-hydrogen) atoms. The number of ketones is 1. The predicted octanol–water partition coefficient (Wildman–Crippen LogP) is 2.55. The maximum atomic E-state index is 11.8. The number of Topliss-reactive ketones (excluding diaryl/α,β-unsaturated/α-hetero) is 1. The third-order valence-corrected chi connectivity index (χ3v) is 2.55. The first-order valence-electron chi connectivity index (χ1n) is 5.18. The molecule has 0 aliphatic heterocycles. The number of aliphatic hydroxyl groups is 1. The summed E-state index contributed by atoms with van der Waals surface area (Å²) in [7, 11) is 0. The van der Waals surface area contributed by atoms with Crippen molar-refractivity contribution < 1.29 is 14.6 Å². The van der Waals surface area contributed by atoms with Crippen molar-refractivity contribution in [3.8, 4) is 5.75 Å². The zero-order valence-electron chi connectivity index (χ0n) is 9.20. The van der Waals surface area contributed by atoms with Crippen LogP contribution in [0.25, 0.3) is 0 Å². The van der Waals surface area contributed by atoms with Crippen LogP contribution in [0.2, 0.25) is 0 Å². The lowest BCUT2D eigenvalue weighted by molar-refractivity contribution is 0.0986. The van der Waals surface area contributed by atoms with Gasteiger partial charge in [-0.2, -0.15) is 0 Å². The number of carbonyl (C=O) groups is 1. The monoisotopic (exact) mass is 286 g/mol. The highest BCUT2D eigenvalue weighted by molar-refractivity contribution is 9.09. The van der Waals surface area contributed by atoms with Crippen LogP contribution in [0.1, 0.15) is 29.3 Å². The Bertz CT molecular complexity index is 363. The Morgan fingerprint density at radius 1 is 1.50 bits per heavy atom. The van der Waals surface area contributed by atoms with Gasteiger partial charge >= 0.3 is 0 Å². The Morgan fingerprint density at radius 3 is 2.81 bits per heavy atom. The van der Waals surface area contributed by atoms with E-state index in [0.717, 1.165) is 5.56 Å². The number of aliphatic hydroxyl groups excluding tert-OH is 1. The smallest absolute Gasteiger partial charge is 0.167 e. The van der Waals surface area contributed by atoms with Crippen LogP contribution in [0, 0.1) is 0 Å². The summed E-state index contributed by atoms with van der Waals surface area (Å²) in [4.78, 5) is 11.8. The van der Waals surface area contributed by atoms with E-state index < -0.39 is 0 Å². The van der Waals surface area contributed by atoms with Gasteiger partial charge in [0.1, 0.15) is 5.75 Å². The van der Waals surface area contributed by atoms with Gasteiger partial charge in [0.2, 0.25) is 0 Å². The zero-order valence-corrected chi connectivity index (χ0v) is 10.8. The topological polar surface area (TPSA) is 46.5 Å². The highest BCUT2D eigenvalue weighted by atomic mass is 79.9. The fourth-order valence-corrected chi connectivity index (χ4v) is 1.75. The Labute approximate surface area is 104 Å². The fourth-order valence-electron chi connectivity index (χ4n) is 1.39. The standard InChI is InChI=1S/C12H15BrO3/c1-2-16-12-7-9(8-14)3-4-10(12)11(15)5-6-13/h3-4,7,14H,2,5-6,8H2,1H3. The molecule has 0 aliphatic carbocycles. The molecule has 0 atom stereocenters. The molecule has 0 aliphatic rings. The first-order valence-corrected chi connectivity index (χ1v) is 6.30. The van der Waals surface area contributed by atoms with Crippen molar-refractivity contribution in [2.45, 2.75) is 20.0 Å². The van der Waals surface area contributed by atoms with E-state index in [1.54, 1.807) is 18.2 Å². The van der Waals surface area contributed by atoms with Gasteiger partial charge in [0.15, 0.2) is 5.78 Å². The second-order valence-corrected chi connectivity index (χ2v) is 4.08. The Balaban J connectivity index is 3.01. The molecular weight excluding hydrogens is 272 g/mol. The minimum Gasteiger partial charge on any atom is -0.493 e. The number of alkyl halides is 1. The van der Waals surface area contributed by atoms with Gasteiger partial charge in [-0.15, -0.1) is 0 Å². The number of carbonyl (C=O) groups excluding carboxylic acids is 1. The van der Waals surface area contributed by atoms with Crippen LogP contribution in [0.15, 0.2) is 18.2 Å². The normalized spacial score (nSPS) is 10.2. The van der Waals surface area contributed by atoms with Crippen LogP contribution < -0.4 is 4.74 Å². The van der Waals surface area contributed by atoms with Gasteiger partial charge in [-0.1, -0.05) is 22.0 Å². The molecule has 1 N–H and O–H groups in total. The van der Waals surface area contributed by atoms with Crippen LogP contribution in [0.3, 0.4) is 0 Å². The van der Waals surface area contributed by atoms with Crippen LogP contribution in [0.4, 0.5) is 0 Å². The fraction of sp³-hybridized carbons (Fsp3) is 0.417. The summed E-state index contributed by atoms with van der Waals surface area (Å²) in [5, 5.41) is 9.65. The van der Waals surface area contributed by atoms with Crippen LogP contribution in [-0.4, -0.2) is 22.8 Å². The van der Waals surface area contributed by atoms with E-state index in [1.165, 1.54) is 0 Å². The lowest BCUT2D eigenvalue weighted by Gasteiger charge is -2.10. The van der Waals surface area contributed by atoms with Crippen molar-refractivity contribution in [3.63, 3.8) is 0 Å². The number of hydrogen-bond donors (Lipinski definition) is 1. The highest BCUT2D eigenvalue weighted by Gasteiger charge is 2.12. The van der Waals surface area contributed by atoms with Gasteiger partial charge < -0.3 is 9.84 Å². The first kappa shape index (κ1) is 13.2. The van der Waals surface area contributed by atoms with Crippen molar-refractivity contribution >= 4 is 21.7 Å². The molecule has 0 radical (unpaired) electrons. The van der Waals surface area contributed by atoms with Gasteiger partial charge in [-0.05, 0) is 24.6 Å². The average molecular weight is 287 g/mol. The summed E-state index contributed by atoms with van der Waals surface area (Å²) < 4.78 is 5.40. The summed E-state index contributed by atoms with van der Waals surface area (Å²) in [6.07, 6.45) is 0.443. The Hall–Kier alpha value is -0.870. The molecule has 1 rings (SSSR count). The molecule has 1 aromatic carbocycles. The van der Waals surface area contributed by atoms with Crippen molar-refractivity contribution in [3.05, 3.63) is 29.3 Å². The molecule has 0 saturated carbocycles.